The van der Waals surface area contributed by atoms with Crippen molar-refractivity contribution in [1.29, 1.82) is 0 Å². The van der Waals surface area contributed by atoms with Gasteiger partial charge in [0.25, 0.3) is 5.69 Å². The van der Waals surface area contributed by atoms with Crippen molar-refractivity contribution in [2.75, 3.05) is 5.73 Å². The fourth-order valence-electron chi connectivity index (χ4n) is 1.84. The van der Waals surface area contributed by atoms with Gasteiger partial charge >= 0.3 is 0 Å². The minimum absolute atomic E-state index is 0.00681. The summed E-state index contributed by atoms with van der Waals surface area (Å²) in [5.74, 6) is 0. The summed E-state index contributed by atoms with van der Waals surface area (Å²) >= 11 is 0. The maximum atomic E-state index is 11.1. The van der Waals surface area contributed by atoms with Crippen molar-refractivity contribution in [2.45, 2.75) is 52.4 Å². The minimum atomic E-state index is -0.403. The van der Waals surface area contributed by atoms with Crippen LogP contribution >= 0.6 is 0 Å². The molecule has 0 aliphatic carbocycles. The fraction of sp³-hybridized carbons (Fsp3) is 0.571. The number of hydrogen-bond acceptors (Lipinski definition) is 3. The summed E-state index contributed by atoms with van der Waals surface area (Å²) in [6.07, 6.45) is 0. The molecule has 0 amide bonds. The van der Waals surface area contributed by atoms with Gasteiger partial charge in [-0.25, -0.2) is 0 Å². The zero-order chi connectivity index (χ0) is 14.3. The lowest BCUT2D eigenvalue weighted by Gasteiger charge is -2.26. The van der Waals surface area contributed by atoms with Crippen molar-refractivity contribution in [2.24, 2.45) is 0 Å². The number of nitrogens with two attached hydrogens (primary N) is 1. The van der Waals surface area contributed by atoms with Gasteiger partial charge in [0.05, 0.1) is 4.92 Å². The van der Waals surface area contributed by atoms with Crippen molar-refractivity contribution in [3.8, 4) is 0 Å². The number of anilines is 1. The highest BCUT2D eigenvalue weighted by atomic mass is 16.6. The van der Waals surface area contributed by atoms with Gasteiger partial charge in [-0.3, -0.25) is 10.1 Å². The van der Waals surface area contributed by atoms with Gasteiger partial charge in [-0.2, -0.15) is 0 Å². The van der Waals surface area contributed by atoms with Gasteiger partial charge in [-0.1, -0.05) is 47.6 Å². The quantitative estimate of drug-likeness (QED) is 0.468. The van der Waals surface area contributed by atoms with Gasteiger partial charge in [0.1, 0.15) is 5.69 Å². The van der Waals surface area contributed by atoms with E-state index >= 15 is 0 Å². The third kappa shape index (κ3) is 2.81. The number of nitrogens with zero attached hydrogens (tertiary/aromatic N) is 1. The highest BCUT2D eigenvalue weighted by Gasteiger charge is 2.27. The van der Waals surface area contributed by atoms with Gasteiger partial charge in [0.15, 0.2) is 0 Å². The van der Waals surface area contributed by atoms with Crippen LogP contribution in [0.25, 0.3) is 0 Å². The Balaban J connectivity index is 3.63. The van der Waals surface area contributed by atoms with Crippen LogP contribution in [0.4, 0.5) is 11.4 Å². The number of nitro benzene ring substituents is 1. The molecule has 0 aromatic heterocycles. The normalized spacial score (nSPS) is 12.6. The Morgan fingerprint density at radius 1 is 1.06 bits per heavy atom. The Labute approximate surface area is 108 Å². The maximum absolute atomic E-state index is 11.1. The smallest absolute Gasteiger partial charge is 0.292 e. The summed E-state index contributed by atoms with van der Waals surface area (Å²) in [5, 5.41) is 11.1. The monoisotopic (exact) mass is 250 g/mol. The average molecular weight is 250 g/mol. The molecule has 0 aliphatic rings. The number of rotatable bonds is 1. The summed E-state index contributed by atoms with van der Waals surface area (Å²) in [6, 6.07) is 3.58. The Bertz CT molecular complexity index is 480. The lowest BCUT2D eigenvalue weighted by atomic mass is 9.79. The first kappa shape index (κ1) is 14.5. The Morgan fingerprint density at radius 2 is 1.56 bits per heavy atom. The average Bonchev–Trinajstić information content (AvgIpc) is 2.13. The number of benzene rings is 1. The zero-order valence-electron chi connectivity index (χ0n) is 12.0. The first-order valence-corrected chi connectivity index (χ1v) is 6.03. The van der Waals surface area contributed by atoms with Crippen LogP contribution in [-0.2, 0) is 10.8 Å². The molecule has 0 bridgehead atoms. The SMILES string of the molecule is CC(C)(C)c1cc([N+](=O)[O-])c(N)c(C(C)(C)C)c1. The second kappa shape index (κ2) is 4.26. The lowest BCUT2D eigenvalue weighted by Crippen LogP contribution is -2.19. The van der Waals surface area contributed by atoms with Crippen molar-refractivity contribution in [1.82, 2.24) is 0 Å². The molecule has 1 aromatic rings. The molecule has 18 heavy (non-hydrogen) atoms. The molecule has 0 atom stereocenters. The van der Waals surface area contributed by atoms with Crippen molar-refractivity contribution in [3.05, 3.63) is 33.4 Å². The van der Waals surface area contributed by atoms with Crippen molar-refractivity contribution >= 4 is 11.4 Å². The van der Waals surface area contributed by atoms with Gasteiger partial charge in [0, 0.05) is 6.07 Å². The zero-order valence-corrected chi connectivity index (χ0v) is 12.0. The molecule has 0 radical (unpaired) electrons. The second-order valence-corrected chi connectivity index (χ2v) is 6.71. The van der Waals surface area contributed by atoms with Gasteiger partial charge < -0.3 is 5.73 Å². The van der Waals surface area contributed by atoms with Crippen LogP contribution < -0.4 is 5.73 Å². The molecule has 1 rings (SSSR count). The van der Waals surface area contributed by atoms with E-state index in [0.717, 1.165) is 11.1 Å². The first-order chi connectivity index (χ1) is 7.94. The standard InChI is InChI=1S/C14H22N2O2/c1-13(2,3)9-7-10(14(4,5)6)12(15)11(8-9)16(17)18/h7-8H,15H2,1-6H3. The Morgan fingerprint density at radius 3 is 1.89 bits per heavy atom. The van der Waals surface area contributed by atoms with Gasteiger partial charge in [0.2, 0.25) is 0 Å². The first-order valence-electron chi connectivity index (χ1n) is 6.03. The van der Waals surface area contributed by atoms with E-state index in [1.807, 2.05) is 47.6 Å². The second-order valence-electron chi connectivity index (χ2n) is 6.71. The largest absolute Gasteiger partial charge is 0.393 e. The van der Waals surface area contributed by atoms with Crippen LogP contribution in [0, 0.1) is 10.1 Å². The molecule has 4 nitrogen and oxygen atoms in total. The minimum Gasteiger partial charge on any atom is -0.393 e. The predicted octanol–water partition coefficient (Wildman–Crippen LogP) is 3.77. The molecule has 1 aromatic carbocycles. The van der Waals surface area contributed by atoms with Crippen LogP contribution in [0.2, 0.25) is 0 Å². The maximum Gasteiger partial charge on any atom is 0.292 e. The van der Waals surface area contributed by atoms with E-state index in [4.69, 9.17) is 5.73 Å². The van der Waals surface area contributed by atoms with Gasteiger partial charge in [-0.15, -0.1) is 0 Å². The number of hydrogen-bond donors (Lipinski definition) is 1. The number of nitro groups is 1. The summed E-state index contributed by atoms with van der Waals surface area (Å²) in [4.78, 5) is 10.7. The third-order valence-corrected chi connectivity index (χ3v) is 3.03. The lowest BCUT2D eigenvalue weighted by molar-refractivity contribution is -0.384. The third-order valence-electron chi connectivity index (χ3n) is 3.03. The summed E-state index contributed by atoms with van der Waals surface area (Å²) < 4.78 is 0. The number of nitrogen functional groups attached to an aromatic ring is 1. The molecule has 0 spiro atoms. The van der Waals surface area contributed by atoms with E-state index in [0.29, 0.717) is 0 Å². The molecule has 0 fully saturated rings. The van der Waals surface area contributed by atoms with E-state index in [1.165, 1.54) is 0 Å². The molecule has 2 N–H and O–H groups in total. The molecule has 100 valence electrons. The van der Waals surface area contributed by atoms with E-state index in [1.54, 1.807) is 6.07 Å². The van der Waals surface area contributed by atoms with Gasteiger partial charge in [-0.05, 0) is 22.0 Å². The van der Waals surface area contributed by atoms with Crippen LogP contribution in [0.5, 0.6) is 0 Å². The van der Waals surface area contributed by atoms with Crippen LogP contribution in [0.1, 0.15) is 52.7 Å². The van der Waals surface area contributed by atoms with E-state index in [-0.39, 0.29) is 22.2 Å². The van der Waals surface area contributed by atoms with Crippen LogP contribution in [-0.4, -0.2) is 4.92 Å². The highest BCUT2D eigenvalue weighted by molar-refractivity contribution is 5.67. The van der Waals surface area contributed by atoms with E-state index in [2.05, 4.69) is 0 Å². The molecule has 0 saturated heterocycles. The van der Waals surface area contributed by atoms with Crippen molar-refractivity contribution < 1.29 is 4.92 Å². The summed E-state index contributed by atoms with van der Waals surface area (Å²) in [7, 11) is 0. The molecule has 0 unspecified atom stereocenters. The summed E-state index contributed by atoms with van der Waals surface area (Å²) in [6.45, 7) is 12.1. The molecular formula is C14H22N2O2. The summed E-state index contributed by atoms with van der Waals surface area (Å²) in [5.41, 5.74) is 7.65. The predicted molar refractivity (Wildman–Crippen MR) is 74.9 cm³/mol. The molecule has 0 aliphatic heterocycles. The van der Waals surface area contributed by atoms with Crippen molar-refractivity contribution in [3.63, 3.8) is 0 Å². The Kier molecular flexibility index (Phi) is 3.43. The van der Waals surface area contributed by atoms with E-state index in [9.17, 15) is 10.1 Å². The molecule has 0 heterocycles. The van der Waals surface area contributed by atoms with E-state index < -0.39 is 4.92 Å². The topological polar surface area (TPSA) is 69.2 Å². The molecule has 0 saturated carbocycles. The Hall–Kier alpha value is -1.58. The van der Waals surface area contributed by atoms with Crippen LogP contribution in [0.15, 0.2) is 12.1 Å². The molecule has 4 heteroatoms. The highest BCUT2D eigenvalue weighted by Crippen LogP contribution is 2.38. The molecular weight excluding hydrogens is 228 g/mol. The van der Waals surface area contributed by atoms with Crippen LogP contribution in [0.3, 0.4) is 0 Å². The fourth-order valence-corrected chi connectivity index (χ4v) is 1.84.